The number of hydrogen-bond acceptors (Lipinski definition) is 5. The topological polar surface area (TPSA) is 106 Å². The van der Waals surface area contributed by atoms with Crippen LogP contribution in [0, 0.1) is 11.8 Å². The van der Waals surface area contributed by atoms with Crippen LogP contribution in [0.1, 0.15) is 21.9 Å². The highest BCUT2D eigenvalue weighted by molar-refractivity contribution is 5.87. The first-order valence-corrected chi connectivity index (χ1v) is 6.55. The van der Waals surface area contributed by atoms with Crippen molar-refractivity contribution in [2.75, 3.05) is 0 Å². The fourth-order valence-electron chi connectivity index (χ4n) is 1.80. The molecule has 0 saturated heterocycles. The summed E-state index contributed by atoms with van der Waals surface area (Å²) < 4.78 is 7.27. The van der Waals surface area contributed by atoms with Crippen LogP contribution in [-0.2, 0) is 7.05 Å². The minimum Gasteiger partial charge on any atom is -0.476 e. The molecular weight excluding hydrogens is 298 g/mol. The zero-order chi connectivity index (χ0) is 16.2. The van der Waals surface area contributed by atoms with Crippen LogP contribution in [-0.4, -0.2) is 36.0 Å². The second-order valence-electron chi connectivity index (χ2n) is 4.54. The van der Waals surface area contributed by atoms with Gasteiger partial charge in [-0.25, -0.2) is 14.9 Å². The van der Waals surface area contributed by atoms with E-state index >= 15 is 0 Å². The molecule has 0 fully saturated rings. The third-order valence-electron chi connectivity index (χ3n) is 2.91. The van der Waals surface area contributed by atoms with Crippen molar-refractivity contribution in [2.24, 2.45) is 7.05 Å². The highest BCUT2D eigenvalue weighted by atomic mass is 16.5. The zero-order valence-corrected chi connectivity index (χ0v) is 12.0. The number of rotatable bonds is 3. The van der Waals surface area contributed by atoms with E-state index in [4.69, 9.17) is 9.84 Å². The predicted molar refractivity (Wildman–Crippen MR) is 79.0 cm³/mol. The van der Waals surface area contributed by atoms with Gasteiger partial charge in [-0.2, -0.15) is 0 Å². The predicted octanol–water partition coefficient (Wildman–Crippen LogP) is 1.43. The third kappa shape index (κ3) is 3.19. The Hall–Kier alpha value is -3.60. The van der Waals surface area contributed by atoms with Gasteiger partial charge in [0, 0.05) is 25.0 Å². The molecule has 2 N–H and O–H groups in total. The number of ether oxygens (including phenoxy) is 1. The van der Waals surface area contributed by atoms with E-state index in [0.717, 1.165) is 0 Å². The van der Waals surface area contributed by atoms with Gasteiger partial charge in [0.15, 0.2) is 5.82 Å². The summed E-state index contributed by atoms with van der Waals surface area (Å²) in [6.45, 7) is 0. The normalized spacial score (nSPS) is 9.96. The van der Waals surface area contributed by atoms with Crippen LogP contribution in [0.15, 0.2) is 36.7 Å². The molecule has 0 radical (unpaired) electrons. The summed E-state index contributed by atoms with van der Waals surface area (Å²) >= 11 is 0. The molecule has 2 heterocycles. The largest absolute Gasteiger partial charge is 0.476 e. The molecule has 8 heteroatoms. The van der Waals surface area contributed by atoms with Crippen molar-refractivity contribution >= 4 is 5.97 Å². The van der Waals surface area contributed by atoms with Gasteiger partial charge in [0.25, 0.3) is 5.88 Å². The summed E-state index contributed by atoms with van der Waals surface area (Å²) in [5, 5.41) is 18.2. The molecule has 0 aliphatic heterocycles. The fourth-order valence-corrected chi connectivity index (χ4v) is 1.80. The van der Waals surface area contributed by atoms with Gasteiger partial charge in [-0.05, 0) is 24.1 Å². The number of imidazole rings is 1. The number of aromatic carboxylic acids is 1. The second kappa shape index (κ2) is 6.03. The second-order valence-corrected chi connectivity index (χ2v) is 4.54. The number of aromatic amines is 1. The van der Waals surface area contributed by atoms with Crippen LogP contribution in [0.25, 0.3) is 0 Å². The molecule has 0 aliphatic rings. The summed E-state index contributed by atoms with van der Waals surface area (Å²) in [5.74, 6) is 5.72. The van der Waals surface area contributed by atoms with Crippen LogP contribution >= 0.6 is 0 Å². The Bertz CT molecular complexity index is 916. The number of aryl methyl sites for hydroxylation is 1. The Balaban J connectivity index is 1.83. The average Bonchev–Trinajstić information content (AvgIpc) is 3.14. The first-order chi connectivity index (χ1) is 11.1. The Morgan fingerprint density at radius 1 is 1.39 bits per heavy atom. The molecule has 0 saturated carbocycles. The van der Waals surface area contributed by atoms with Crippen molar-refractivity contribution in [3.05, 3.63) is 53.7 Å². The Morgan fingerprint density at radius 2 is 2.26 bits per heavy atom. The molecule has 2 aromatic heterocycles. The van der Waals surface area contributed by atoms with Gasteiger partial charge in [-0.3, -0.25) is 0 Å². The Labute approximate surface area is 130 Å². The van der Waals surface area contributed by atoms with E-state index in [2.05, 4.69) is 32.2 Å². The van der Waals surface area contributed by atoms with Crippen LogP contribution in [0.2, 0.25) is 0 Å². The minimum atomic E-state index is -1.22. The summed E-state index contributed by atoms with van der Waals surface area (Å²) in [5.41, 5.74) is 0.421. The first kappa shape index (κ1) is 14.3. The maximum atomic E-state index is 11.0. The molecule has 0 atom stereocenters. The summed E-state index contributed by atoms with van der Waals surface area (Å²) in [6.07, 6.45) is 3.48. The number of benzene rings is 1. The van der Waals surface area contributed by atoms with E-state index in [9.17, 15) is 4.79 Å². The van der Waals surface area contributed by atoms with Crippen molar-refractivity contribution in [3.63, 3.8) is 0 Å². The smallest absolute Gasteiger partial charge is 0.362 e. The monoisotopic (exact) mass is 309 g/mol. The number of hydrogen-bond donors (Lipinski definition) is 2. The van der Waals surface area contributed by atoms with Crippen molar-refractivity contribution in [3.8, 4) is 23.5 Å². The van der Waals surface area contributed by atoms with Gasteiger partial charge in [0.2, 0.25) is 5.69 Å². The van der Waals surface area contributed by atoms with Crippen molar-refractivity contribution in [1.29, 1.82) is 0 Å². The lowest BCUT2D eigenvalue weighted by Gasteiger charge is -2.03. The van der Waals surface area contributed by atoms with Crippen LogP contribution in [0.4, 0.5) is 0 Å². The lowest BCUT2D eigenvalue weighted by Crippen LogP contribution is -1.99. The number of H-pyrrole nitrogens is 1. The molecule has 1 aromatic carbocycles. The van der Waals surface area contributed by atoms with Crippen molar-refractivity contribution < 1.29 is 14.6 Å². The van der Waals surface area contributed by atoms with E-state index in [-0.39, 0.29) is 11.6 Å². The molecule has 23 heavy (non-hydrogen) atoms. The quantitative estimate of drug-likeness (QED) is 0.709. The standard InChI is InChI=1S/C15H11N5O3/c1-20-8-7-16-12(20)6-5-10-3-2-4-11(9-10)23-14-13(15(21)22)17-19-18-14/h2-4,7-9H,1H3,(H,21,22)(H,17,18,19). The van der Waals surface area contributed by atoms with E-state index in [1.54, 1.807) is 24.4 Å². The van der Waals surface area contributed by atoms with Gasteiger partial charge in [0.1, 0.15) is 5.75 Å². The van der Waals surface area contributed by atoms with Crippen LogP contribution in [0.5, 0.6) is 11.6 Å². The molecule has 0 amide bonds. The number of nitrogens with one attached hydrogen (secondary N) is 1. The Morgan fingerprint density at radius 3 is 3.00 bits per heavy atom. The van der Waals surface area contributed by atoms with Gasteiger partial charge in [-0.1, -0.05) is 17.2 Å². The number of aromatic nitrogens is 5. The van der Waals surface area contributed by atoms with E-state index in [1.165, 1.54) is 0 Å². The number of nitrogens with zero attached hydrogens (tertiary/aromatic N) is 4. The van der Waals surface area contributed by atoms with E-state index in [1.807, 2.05) is 23.9 Å². The summed E-state index contributed by atoms with van der Waals surface area (Å²) in [4.78, 5) is 15.1. The molecule has 0 aliphatic carbocycles. The minimum absolute atomic E-state index is 0.0355. The molecule has 8 nitrogen and oxygen atoms in total. The van der Waals surface area contributed by atoms with Crippen LogP contribution in [0.3, 0.4) is 0 Å². The molecule has 3 rings (SSSR count). The lowest BCUT2D eigenvalue weighted by molar-refractivity contribution is 0.0687. The van der Waals surface area contributed by atoms with Gasteiger partial charge >= 0.3 is 5.97 Å². The number of carboxylic acid groups (broad SMARTS) is 1. The maximum Gasteiger partial charge on any atom is 0.362 e. The first-order valence-electron chi connectivity index (χ1n) is 6.55. The fraction of sp³-hybridized carbons (Fsp3) is 0.0667. The van der Waals surface area contributed by atoms with Gasteiger partial charge in [0.05, 0.1) is 0 Å². The molecule has 114 valence electrons. The van der Waals surface area contributed by atoms with E-state index < -0.39 is 5.97 Å². The average molecular weight is 309 g/mol. The van der Waals surface area contributed by atoms with Crippen molar-refractivity contribution in [1.82, 2.24) is 25.0 Å². The third-order valence-corrected chi connectivity index (χ3v) is 2.91. The SMILES string of the molecule is Cn1ccnc1C#Cc1cccc(Oc2[nH]nnc2C(=O)O)c1. The highest BCUT2D eigenvalue weighted by Crippen LogP contribution is 2.22. The Kier molecular flexibility index (Phi) is 3.76. The lowest BCUT2D eigenvalue weighted by atomic mass is 10.2. The zero-order valence-electron chi connectivity index (χ0n) is 12.0. The number of carbonyl (C=O) groups is 1. The van der Waals surface area contributed by atoms with Crippen LogP contribution < -0.4 is 4.74 Å². The molecular formula is C15H11N5O3. The van der Waals surface area contributed by atoms with Gasteiger partial charge in [-0.15, -0.1) is 5.10 Å². The summed E-state index contributed by atoms with van der Waals surface area (Å²) in [6, 6.07) is 6.93. The molecule has 3 aromatic rings. The molecule has 0 bridgehead atoms. The number of carboxylic acids is 1. The van der Waals surface area contributed by atoms with Crippen molar-refractivity contribution in [2.45, 2.75) is 0 Å². The maximum absolute atomic E-state index is 11.0. The van der Waals surface area contributed by atoms with Gasteiger partial charge < -0.3 is 14.4 Å². The summed E-state index contributed by atoms with van der Waals surface area (Å²) in [7, 11) is 1.86. The van der Waals surface area contributed by atoms with E-state index in [0.29, 0.717) is 17.1 Å². The molecule has 0 spiro atoms. The highest BCUT2D eigenvalue weighted by Gasteiger charge is 2.16. The molecule has 0 unspecified atom stereocenters.